The van der Waals surface area contributed by atoms with Gasteiger partial charge in [-0.1, -0.05) is 53.7 Å². The van der Waals surface area contributed by atoms with E-state index in [1.54, 1.807) is 0 Å². The zero-order valence-electron chi connectivity index (χ0n) is 8.12. The lowest BCUT2D eigenvalue weighted by atomic mass is 9.91. The molecule has 0 heterocycles. The third kappa shape index (κ3) is 1.72. The summed E-state index contributed by atoms with van der Waals surface area (Å²) in [4.78, 5) is 0. The van der Waals surface area contributed by atoms with Crippen LogP contribution in [0.15, 0.2) is 59.3 Å². The Morgan fingerprint density at radius 2 is 1.92 bits per heavy atom. The van der Waals surface area contributed by atoms with Crippen LogP contribution in [0.3, 0.4) is 0 Å². The Balaban J connectivity index is 2.41. The van der Waals surface area contributed by atoms with Gasteiger partial charge in [0.1, 0.15) is 0 Å². The van der Waals surface area contributed by atoms with Crippen LogP contribution in [0.1, 0.15) is 13.8 Å². The molecule has 0 nitrogen and oxygen atoms in total. The van der Waals surface area contributed by atoms with Gasteiger partial charge in [0.25, 0.3) is 0 Å². The Kier molecular flexibility index (Phi) is 2.05. The number of hydrogen-bond acceptors (Lipinski definition) is 0. The molecule has 0 amide bonds. The van der Waals surface area contributed by atoms with E-state index >= 15 is 0 Å². The van der Waals surface area contributed by atoms with Crippen molar-refractivity contribution in [3.63, 3.8) is 0 Å². The standard InChI is InChI=1S/C13H14/c1-10-4-3-5-12-9-11(2)6-7-13(12)8-10/h3-9,12H,1-2H3. The van der Waals surface area contributed by atoms with Gasteiger partial charge in [-0.2, -0.15) is 0 Å². The molecule has 0 spiro atoms. The fourth-order valence-electron chi connectivity index (χ4n) is 1.72. The highest BCUT2D eigenvalue weighted by atomic mass is 14.2. The second-order valence-corrected chi connectivity index (χ2v) is 3.71. The molecule has 13 heavy (non-hydrogen) atoms. The zero-order valence-corrected chi connectivity index (χ0v) is 8.12. The van der Waals surface area contributed by atoms with E-state index in [0.717, 1.165) is 0 Å². The average molecular weight is 170 g/mol. The lowest BCUT2D eigenvalue weighted by Crippen LogP contribution is -1.99. The average Bonchev–Trinajstić information content (AvgIpc) is 2.25. The van der Waals surface area contributed by atoms with Gasteiger partial charge < -0.3 is 0 Å². The first-order chi connectivity index (χ1) is 6.25. The summed E-state index contributed by atoms with van der Waals surface area (Å²) < 4.78 is 0. The lowest BCUT2D eigenvalue weighted by molar-refractivity contribution is 0.978. The molecular weight excluding hydrogens is 156 g/mol. The smallest absolute Gasteiger partial charge is 0.0207 e. The minimum absolute atomic E-state index is 0.485. The SMILES string of the molecule is CC1=CC=CC2C=C(C)C=CC2=C1. The van der Waals surface area contributed by atoms with Crippen LogP contribution in [0.2, 0.25) is 0 Å². The van der Waals surface area contributed by atoms with Crippen molar-refractivity contribution >= 4 is 0 Å². The Labute approximate surface area is 79.7 Å². The van der Waals surface area contributed by atoms with Gasteiger partial charge >= 0.3 is 0 Å². The molecule has 2 aliphatic carbocycles. The fourth-order valence-corrected chi connectivity index (χ4v) is 1.72. The van der Waals surface area contributed by atoms with Gasteiger partial charge in [-0.15, -0.1) is 0 Å². The number of rotatable bonds is 0. The summed E-state index contributed by atoms with van der Waals surface area (Å²) >= 11 is 0. The van der Waals surface area contributed by atoms with Crippen molar-refractivity contribution in [2.24, 2.45) is 5.92 Å². The van der Waals surface area contributed by atoms with E-state index in [2.05, 4.69) is 56.4 Å². The first-order valence-electron chi connectivity index (χ1n) is 4.69. The van der Waals surface area contributed by atoms with Gasteiger partial charge in [0.2, 0.25) is 0 Å². The highest BCUT2D eigenvalue weighted by Crippen LogP contribution is 2.26. The van der Waals surface area contributed by atoms with Crippen LogP contribution < -0.4 is 0 Å². The molecule has 66 valence electrons. The molecule has 0 radical (unpaired) electrons. The van der Waals surface area contributed by atoms with Gasteiger partial charge in [0.15, 0.2) is 0 Å². The fraction of sp³-hybridized carbons (Fsp3) is 0.231. The molecular formula is C13H14. The molecule has 0 aromatic heterocycles. The monoisotopic (exact) mass is 170 g/mol. The van der Waals surface area contributed by atoms with E-state index in [1.165, 1.54) is 16.7 Å². The molecule has 0 saturated carbocycles. The van der Waals surface area contributed by atoms with E-state index < -0.39 is 0 Å². The molecule has 0 heteroatoms. The molecule has 0 N–H and O–H groups in total. The maximum atomic E-state index is 2.30. The van der Waals surface area contributed by atoms with Crippen molar-refractivity contribution < 1.29 is 0 Å². The largest absolute Gasteiger partial charge is 0.0732 e. The molecule has 0 bridgehead atoms. The number of fused-ring (bicyclic) bond motifs is 1. The van der Waals surface area contributed by atoms with Crippen LogP contribution in [0.25, 0.3) is 0 Å². The highest BCUT2D eigenvalue weighted by Gasteiger charge is 2.10. The van der Waals surface area contributed by atoms with E-state index in [4.69, 9.17) is 0 Å². The first-order valence-corrected chi connectivity index (χ1v) is 4.69. The zero-order chi connectivity index (χ0) is 9.26. The summed E-state index contributed by atoms with van der Waals surface area (Å²) in [7, 11) is 0. The van der Waals surface area contributed by atoms with Crippen LogP contribution in [0.5, 0.6) is 0 Å². The summed E-state index contributed by atoms with van der Waals surface area (Å²) in [5.74, 6) is 0.485. The van der Waals surface area contributed by atoms with Crippen LogP contribution in [-0.4, -0.2) is 0 Å². The maximum absolute atomic E-state index is 2.30. The van der Waals surface area contributed by atoms with Crippen LogP contribution in [-0.2, 0) is 0 Å². The molecule has 0 aromatic carbocycles. The lowest BCUT2D eigenvalue weighted by Gasteiger charge is -2.14. The van der Waals surface area contributed by atoms with Crippen molar-refractivity contribution in [1.82, 2.24) is 0 Å². The van der Waals surface area contributed by atoms with E-state index in [1.807, 2.05) is 0 Å². The van der Waals surface area contributed by atoms with Crippen molar-refractivity contribution in [1.29, 1.82) is 0 Å². The predicted octanol–water partition coefficient (Wildman–Crippen LogP) is 3.56. The molecule has 0 saturated heterocycles. The third-order valence-corrected chi connectivity index (χ3v) is 2.44. The minimum atomic E-state index is 0.485. The summed E-state index contributed by atoms with van der Waals surface area (Å²) in [5, 5.41) is 0. The van der Waals surface area contributed by atoms with E-state index in [0.29, 0.717) is 5.92 Å². The van der Waals surface area contributed by atoms with Crippen LogP contribution in [0, 0.1) is 5.92 Å². The normalized spacial score (nSPS) is 25.7. The van der Waals surface area contributed by atoms with Crippen molar-refractivity contribution in [2.75, 3.05) is 0 Å². The molecule has 2 aliphatic rings. The summed E-state index contributed by atoms with van der Waals surface area (Å²) in [6, 6.07) is 0. The van der Waals surface area contributed by atoms with Crippen molar-refractivity contribution in [3.8, 4) is 0 Å². The summed E-state index contributed by atoms with van der Waals surface area (Å²) in [6.07, 6.45) is 15.5. The molecule has 1 atom stereocenters. The Bertz CT molecular complexity index is 359. The highest BCUT2D eigenvalue weighted by molar-refractivity contribution is 5.45. The van der Waals surface area contributed by atoms with Gasteiger partial charge in [0, 0.05) is 5.92 Å². The second-order valence-electron chi connectivity index (χ2n) is 3.71. The van der Waals surface area contributed by atoms with Gasteiger partial charge in [-0.25, -0.2) is 0 Å². The number of hydrogen-bond donors (Lipinski definition) is 0. The van der Waals surface area contributed by atoms with Gasteiger partial charge in [-0.3, -0.25) is 0 Å². The Morgan fingerprint density at radius 3 is 2.77 bits per heavy atom. The van der Waals surface area contributed by atoms with E-state index in [-0.39, 0.29) is 0 Å². The third-order valence-electron chi connectivity index (χ3n) is 2.44. The Hall–Kier alpha value is -1.30. The second kappa shape index (κ2) is 3.21. The summed E-state index contributed by atoms with van der Waals surface area (Å²) in [5.41, 5.74) is 4.07. The van der Waals surface area contributed by atoms with Crippen LogP contribution in [0.4, 0.5) is 0 Å². The molecule has 0 aromatic rings. The summed E-state index contributed by atoms with van der Waals surface area (Å²) in [6.45, 7) is 4.28. The molecule has 1 unspecified atom stereocenters. The topological polar surface area (TPSA) is 0 Å². The Morgan fingerprint density at radius 1 is 1.08 bits per heavy atom. The molecule has 0 aliphatic heterocycles. The van der Waals surface area contributed by atoms with E-state index in [9.17, 15) is 0 Å². The van der Waals surface area contributed by atoms with Gasteiger partial charge in [-0.05, 0) is 19.4 Å². The number of allylic oxidation sites excluding steroid dienone is 10. The van der Waals surface area contributed by atoms with Crippen molar-refractivity contribution in [2.45, 2.75) is 13.8 Å². The predicted molar refractivity (Wildman–Crippen MR) is 57.4 cm³/mol. The minimum Gasteiger partial charge on any atom is -0.0732 e. The molecule has 2 rings (SSSR count). The maximum Gasteiger partial charge on any atom is 0.0207 e. The quantitative estimate of drug-likeness (QED) is 0.521. The first kappa shape index (κ1) is 8.31. The molecule has 0 fully saturated rings. The van der Waals surface area contributed by atoms with Crippen molar-refractivity contribution in [3.05, 3.63) is 59.3 Å². The van der Waals surface area contributed by atoms with Crippen LogP contribution >= 0.6 is 0 Å². The van der Waals surface area contributed by atoms with Gasteiger partial charge in [0.05, 0.1) is 0 Å².